The van der Waals surface area contributed by atoms with E-state index in [0.29, 0.717) is 0 Å². The summed E-state index contributed by atoms with van der Waals surface area (Å²) in [6.45, 7) is 11.5. The van der Waals surface area contributed by atoms with Crippen LogP contribution in [0, 0.1) is 12.8 Å². The van der Waals surface area contributed by atoms with E-state index in [1.165, 1.54) is 45.4 Å². The van der Waals surface area contributed by atoms with Crippen molar-refractivity contribution in [2.45, 2.75) is 39.7 Å². The smallest absolute Gasteiger partial charge is 0.105 e. The van der Waals surface area contributed by atoms with Gasteiger partial charge >= 0.3 is 0 Å². The fourth-order valence-corrected chi connectivity index (χ4v) is 2.93. The van der Waals surface area contributed by atoms with E-state index in [0.717, 1.165) is 24.8 Å². The molecule has 4 nitrogen and oxygen atoms in total. The molecule has 1 aliphatic rings. The van der Waals surface area contributed by atoms with Gasteiger partial charge in [0, 0.05) is 32.0 Å². The summed E-state index contributed by atoms with van der Waals surface area (Å²) in [4.78, 5) is 6.93. The molecule has 1 aromatic rings. The van der Waals surface area contributed by atoms with E-state index in [2.05, 4.69) is 39.8 Å². The van der Waals surface area contributed by atoms with E-state index in [9.17, 15) is 0 Å². The maximum absolute atomic E-state index is 4.29. The number of aryl methyl sites for hydroxylation is 1. The quantitative estimate of drug-likeness (QED) is 0.816. The van der Waals surface area contributed by atoms with Gasteiger partial charge in [0.2, 0.25) is 0 Å². The largest absolute Gasteiger partial charge is 0.334 e. The molecule has 0 atom stereocenters. The second-order valence-electron chi connectivity index (χ2n) is 5.66. The molecule has 1 aliphatic heterocycles. The van der Waals surface area contributed by atoms with Gasteiger partial charge in [-0.3, -0.25) is 0 Å². The van der Waals surface area contributed by atoms with Crippen molar-refractivity contribution in [1.29, 1.82) is 0 Å². The van der Waals surface area contributed by atoms with Gasteiger partial charge in [-0.2, -0.15) is 0 Å². The molecule has 0 amide bonds. The highest BCUT2D eigenvalue weighted by molar-refractivity contribution is 4.88. The average molecular weight is 264 g/mol. The van der Waals surface area contributed by atoms with E-state index in [1.54, 1.807) is 0 Å². The maximum Gasteiger partial charge on any atom is 0.105 e. The number of piperidine rings is 1. The zero-order chi connectivity index (χ0) is 13.5. The second-order valence-corrected chi connectivity index (χ2v) is 5.66. The van der Waals surface area contributed by atoms with Gasteiger partial charge in [0.1, 0.15) is 5.82 Å². The number of rotatable bonds is 7. The van der Waals surface area contributed by atoms with Crippen LogP contribution in [0.25, 0.3) is 0 Å². The highest BCUT2D eigenvalue weighted by atomic mass is 15.2. The molecule has 0 aliphatic carbocycles. The van der Waals surface area contributed by atoms with Crippen LogP contribution in [0.15, 0.2) is 12.4 Å². The maximum atomic E-state index is 4.29. The zero-order valence-corrected chi connectivity index (χ0v) is 12.4. The normalized spacial score (nSPS) is 17.2. The Labute approximate surface area is 117 Å². The van der Waals surface area contributed by atoms with Gasteiger partial charge in [0.25, 0.3) is 0 Å². The highest BCUT2D eigenvalue weighted by Gasteiger charge is 2.16. The van der Waals surface area contributed by atoms with Crippen LogP contribution >= 0.6 is 0 Å². The Balaban J connectivity index is 1.79. The van der Waals surface area contributed by atoms with Crippen molar-refractivity contribution < 1.29 is 0 Å². The molecule has 1 N–H and O–H groups in total. The fraction of sp³-hybridized carbons (Fsp3) is 0.800. The Morgan fingerprint density at radius 2 is 2.16 bits per heavy atom. The van der Waals surface area contributed by atoms with Gasteiger partial charge in [-0.15, -0.1) is 0 Å². The summed E-state index contributed by atoms with van der Waals surface area (Å²) in [7, 11) is 0. The third-order valence-corrected chi connectivity index (χ3v) is 4.10. The molecular formula is C15H28N4. The van der Waals surface area contributed by atoms with Crippen molar-refractivity contribution in [3.63, 3.8) is 0 Å². The molecule has 0 saturated carbocycles. The predicted molar refractivity (Wildman–Crippen MR) is 79.3 cm³/mol. The molecule has 2 heterocycles. The summed E-state index contributed by atoms with van der Waals surface area (Å²) in [6, 6.07) is 0. The van der Waals surface area contributed by atoms with E-state index in [-0.39, 0.29) is 0 Å². The number of hydrogen-bond donors (Lipinski definition) is 1. The van der Waals surface area contributed by atoms with Gasteiger partial charge in [0.05, 0.1) is 0 Å². The van der Waals surface area contributed by atoms with Crippen LogP contribution < -0.4 is 5.32 Å². The molecule has 19 heavy (non-hydrogen) atoms. The summed E-state index contributed by atoms with van der Waals surface area (Å²) in [6.07, 6.45) is 7.90. The second kappa shape index (κ2) is 7.65. The van der Waals surface area contributed by atoms with Crippen molar-refractivity contribution in [3.8, 4) is 0 Å². The first-order valence-electron chi connectivity index (χ1n) is 7.70. The number of nitrogens with zero attached hydrogens (tertiary/aromatic N) is 3. The lowest BCUT2D eigenvalue weighted by Gasteiger charge is -2.30. The third kappa shape index (κ3) is 4.62. The topological polar surface area (TPSA) is 33.1 Å². The summed E-state index contributed by atoms with van der Waals surface area (Å²) < 4.78 is 2.26. The van der Waals surface area contributed by atoms with Crippen molar-refractivity contribution >= 4 is 0 Å². The minimum atomic E-state index is 0.886. The fourth-order valence-electron chi connectivity index (χ4n) is 2.93. The lowest BCUT2D eigenvalue weighted by atomic mass is 9.97. The van der Waals surface area contributed by atoms with Crippen molar-refractivity contribution in [1.82, 2.24) is 19.8 Å². The van der Waals surface area contributed by atoms with E-state index >= 15 is 0 Å². The van der Waals surface area contributed by atoms with Gasteiger partial charge in [-0.05, 0) is 51.7 Å². The van der Waals surface area contributed by atoms with E-state index < -0.39 is 0 Å². The average Bonchev–Trinajstić information content (AvgIpc) is 2.83. The zero-order valence-electron chi connectivity index (χ0n) is 12.4. The van der Waals surface area contributed by atoms with Crippen LogP contribution in [0.5, 0.6) is 0 Å². The lowest BCUT2D eigenvalue weighted by molar-refractivity contribution is 0.199. The van der Waals surface area contributed by atoms with Crippen LogP contribution in [0.4, 0.5) is 0 Å². The third-order valence-electron chi connectivity index (χ3n) is 4.10. The SMILES string of the molecule is CCCN(CCn1ccnc1C)CC1CCNCC1. The molecule has 0 spiro atoms. The standard InChI is InChI=1S/C15H28N4/c1-3-9-18(13-15-4-6-16-7-5-15)11-12-19-10-8-17-14(19)2/h8,10,15-16H,3-7,9,11-13H2,1-2H3. The number of imidazole rings is 1. The molecule has 0 aromatic carbocycles. The van der Waals surface area contributed by atoms with Crippen LogP contribution in [0.2, 0.25) is 0 Å². The minimum Gasteiger partial charge on any atom is -0.334 e. The molecular weight excluding hydrogens is 236 g/mol. The van der Waals surface area contributed by atoms with Gasteiger partial charge in [-0.25, -0.2) is 4.98 Å². The van der Waals surface area contributed by atoms with E-state index in [1.807, 2.05) is 6.20 Å². The summed E-state index contributed by atoms with van der Waals surface area (Å²) >= 11 is 0. The van der Waals surface area contributed by atoms with Crippen LogP contribution in [0.1, 0.15) is 32.0 Å². The number of hydrogen-bond acceptors (Lipinski definition) is 3. The van der Waals surface area contributed by atoms with Gasteiger partial charge < -0.3 is 14.8 Å². The summed E-state index contributed by atoms with van der Waals surface area (Å²) in [5.41, 5.74) is 0. The predicted octanol–water partition coefficient (Wildman–Crippen LogP) is 1.90. The Morgan fingerprint density at radius 3 is 2.79 bits per heavy atom. The monoisotopic (exact) mass is 264 g/mol. The molecule has 0 radical (unpaired) electrons. The van der Waals surface area contributed by atoms with Crippen LogP contribution in [-0.4, -0.2) is 47.2 Å². The van der Waals surface area contributed by atoms with Gasteiger partial charge in [0.15, 0.2) is 0 Å². The van der Waals surface area contributed by atoms with Crippen molar-refractivity contribution in [2.75, 3.05) is 32.7 Å². The molecule has 1 aromatic heterocycles. The number of aromatic nitrogens is 2. The summed E-state index contributed by atoms with van der Waals surface area (Å²) in [5, 5.41) is 3.45. The van der Waals surface area contributed by atoms with Gasteiger partial charge in [-0.1, -0.05) is 6.92 Å². The number of nitrogens with one attached hydrogen (secondary N) is 1. The molecule has 0 unspecified atom stereocenters. The molecule has 2 rings (SSSR count). The minimum absolute atomic E-state index is 0.886. The van der Waals surface area contributed by atoms with Crippen LogP contribution in [-0.2, 0) is 6.54 Å². The van der Waals surface area contributed by atoms with Crippen molar-refractivity contribution in [2.24, 2.45) is 5.92 Å². The Hall–Kier alpha value is -0.870. The van der Waals surface area contributed by atoms with Crippen LogP contribution in [0.3, 0.4) is 0 Å². The Morgan fingerprint density at radius 1 is 1.37 bits per heavy atom. The summed E-state index contributed by atoms with van der Waals surface area (Å²) in [5.74, 6) is 2.01. The first-order valence-corrected chi connectivity index (χ1v) is 7.70. The molecule has 1 fully saturated rings. The Bertz CT molecular complexity index is 355. The van der Waals surface area contributed by atoms with E-state index in [4.69, 9.17) is 0 Å². The molecule has 4 heteroatoms. The lowest BCUT2D eigenvalue weighted by Crippen LogP contribution is -2.38. The molecule has 1 saturated heterocycles. The highest BCUT2D eigenvalue weighted by Crippen LogP contribution is 2.13. The first-order chi connectivity index (χ1) is 9.29. The molecule has 0 bridgehead atoms. The molecule has 108 valence electrons. The van der Waals surface area contributed by atoms with Crippen molar-refractivity contribution in [3.05, 3.63) is 18.2 Å². The Kier molecular flexibility index (Phi) is 5.86. The first kappa shape index (κ1) is 14.5.